The number of aliphatic carboxylic acids is 1. The van der Waals surface area contributed by atoms with Crippen LogP contribution in [0.2, 0.25) is 0 Å². The number of rotatable bonds is 6. The highest BCUT2D eigenvalue weighted by atomic mass is 16.5. The summed E-state index contributed by atoms with van der Waals surface area (Å²) in [5.41, 5.74) is 0. The Morgan fingerprint density at radius 3 is 2.44 bits per heavy atom. The Hall–Kier alpha value is -1.85. The van der Waals surface area contributed by atoms with Gasteiger partial charge in [0.15, 0.2) is 0 Å². The van der Waals surface area contributed by atoms with E-state index in [2.05, 4.69) is 4.74 Å². The van der Waals surface area contributed by atoms with Gasteiger partial charge in [-0.2, -0.15) is 0 Å². The van der Waals surface area contributed by atoms with E-state index in [1.165, 1.54) is 11.9 Å². The van der Waals surface area contributed by atoms with E-state index in [-0.39, 0.29) is 18.9 Å². The topological polar surface area (TPSA) is 83.9 Å². The smallest absolute Gasteiger partial charge is 0.328 e. The second-order valence-electron chi connectivity index (χ2n) is 2.99. The Morgan fingerprint density at radius 1 is 1.31 bits per heavy atom. The predicted octanol–water partition coefficient (Wildman–Crippen LogP) is 0.0388. The fourth-order valence-electron chi connectivity index (χ4n) is 0.872. The second kappa shape index (κ2) is 7.44. The van der Waals surface area contributed by atoms with Crippen molar-refractivity contribution in [1.29, 1.82) is 0 Å². The van der Waals surface area contributed by atoms with Gasteiger partial charge in [0.05, 0.1) is 13.0 Å². The molecular formula is C10H15NO5. The van der Waals surface area contributed by atoms with Crippen molar-refractivity contribution in [3.05, 3.63) is 12.2 Å². The highest BCUT2D eigenvalue weighted by Crippen LogP contribution is 1.93. The molecule has 1 amide bonds. The minimum absolute atomic E-state index is 0.0942. The Labute approximate surface area is 93.5 Å². The van der Waals surface area contributed by atoms with Gasteiger partial charge < -0.3 is 14.7 Å². The summed E-state index contributed by atoms with van der Waals surface area (Å²) in [6.45, 7) is 2.19. The number of carboxylic acids is 1. The van der Waals surface area contributed by atoms with Crippen LogP contribution in [0.3, 0.4) is 0 Å². The number of carbonyl (C=O) groups excluding carboxylic acids is 2. The molecule has 0 radical (unpaired) electrons. The Morgan fingerprint density at radius 2 is 1.94 bits per heavy atom. The summed E-state index contributed by atoms with van der Waals surface area (Å²) in [6.07, 6.45) is 1.79. The van der Waals surface area contributed by atoms with Gasteiger partial charge in [0.2, 0.25) is 5.91 Å². The number of ether oxygens (including phenoxy) is 1. The second-order valence-corrected chi connectivity index (χ2v) is 2.99. The number of hydrogen-bond acceptors (Lipinski definition) is 4. The largest absolute Gasteiger partial charge is 0.478 e. The van der Waals surface area contributed by atoms with Crippen LogP contribution < -0.4 is 0 Å². The standard InChI is InChI=1S/C10H15NO5/c1-3-16-10(15)6-7-11(2)8(12)4-5-9(13)14/h4-5H,3,6-7H2,1-2H3,(H,13,14)/b5-4+. The summed E-state index contributed by atoms with van der Waals surface area (Å²) in [5, 5.41) is 8.30. The number of amides is 1. The van der Waals surface area contributed by atoms with Gasteiger partial charge in [-0.05, 0) is 6.92 Å². The highest BCUT2D eigenvalue weighted by molar-refractivity contribution is 5.93. The zero-order valence-corrected chi connectivity index (χ0v) is 9.30. The maximum atomic E-state index is 11.2. The SMILES string of the molecule is CCOC(=O)CCN(C)C(=O)/C=C/C(=O)O. The third-order valence-electron chi connectivity index (χ3n) is 1.70. The van der Waals surface area contributed by atoms with Gasteiger partial charge in [-0.25, -0.2) is 4.79 Å². The molecule has 0 fully saturated rings. The molecular weight excluding hydrogens is 214 g/mol. The first-order valence-electron chi connectivity index (χ1n) is 4.79. The van der Waals surface area contributed by atoms with Gasteiger partial charge in [-0.1, -0.05) is 0 Å². The quantitative estimate of drug-likeness (QED) is 0.513. The average Bonchev–Trinajstić information content (AvgIpc) is 2.22. The van der Waals surface area contributed by atoms with Gasteiger partial charge in [-0.15, -0.1) is 0 Å². The summed E-state index contributed by atoms with van der Waals surface area (Å²) < 4.78 is 4.68. The Balaban J connectivity index is 3.97. The molecule has 0 heterocycles. The first kappa shape index (κ1) is 14.2. The highest BCUT2D eigenvalue weighted by Gasteiger charge is 2.08. The third-order valence-corrected chi connectivity index (χ3v) is 1.70. The van der Waals surface area contributed by atoms with Crippen molar-refractivity contribution in [2.75, 3.05) is 20.2 Å². The number of esters is 1. The normalized spacial score (nSPS) is 10.1. The maximum absolute atomic E-state index is 11.2. The summed E-state index contributed by atoms with van der Waals surface area (Å²) >= 11 is 0. The van der Waals surface area contributed by atoms with Crippen LogP contribution in [0.1, 0.15) is 13.3 Å². The van der Waals surface area contributed by atoms with Crippen LogP contribution in [0.5, 0.6) is 0 Å². The van der Waals surface area contributed by atoms with Crippen molar-refractivity contribution in [2.24, 2.45) is 0 Å². The van der Waals surface area contributed by atoms with E-state index in [1.54, 1.807) is 6.92 Å². The fourth-order valence-corrected chi connectivity index (χ4v) is 0.872. The van der Waals surface area contributed by atoms with Gasteiger partial charge in [0.1, 0.15) is 0 Å². The lowest BCUT2D eigenvalue weighted by Crippen LogP contribution is -2.28. The van der Waals surface area contributed by atoms with Crippen molar-refractivity contribution >= 4 is 17.8 Å². The summed E-state index contributed by atoms with van der Waals surface area (Å²) in [6, 6.07) is 0. The minimum atomic E-state index is -1.19. The van der Waals surface area contributed by atoms with Crippen molar-refractivity contribution < 1.29 is 24.2 Å². The number of nitrogens with zero attached hydrogens (tertiary/aromatic N) is 1. The third kappa shape index (κ3) is 6.58. The van der Waals surface area contributed by atoms with E-state index >= 15 is 0 Å². The molecule has 0 saturated heterocycles. The summed E-state index contributed by atoms with van der Waals surface area (Å²) in [5.74, 6) is -2.04. The lowest BCUT2D eigenvalue weighted by molar-refractivity contribution is -0.143. The molecule has 6 nitrogen and oxygen atoms in total. The molecule has 0 aliphatic heterocycles. The predicted molar refractivity (Wildman–Crippen MR) is 55.7 cm³/mol. The lowest BCUT2D eigenvalue weighted by Gasteiger charge is -2.13. The molecule has 0 unspecified atom stereocenters. The molecule has 90 valence electrons. The van der Waals surface area contributed by atoms with Gasteiger partial charge >= 0.3 is 11.9 Å². The van der Waals surface area contributed by atoms with Crippen molar-refractivity contribution in [3.63, 3.8) is 0 Å². The zero-order valence-electron chi connectivity index (χ0n) is 9.30. The van der Waals surface area contributed by atoms with Crippen LogP contribution in [0.25, 0.3) is 0 Å². The van der Waals surface area contributed by atoms with E-state index < -0.39 is 11.9 Å². The zero-order chi connectivity index (χ0) is 12.6. The molecule has 1 N–H and O–H groups in total. The van der Waals surface area contributed by atoms with Crippen LogP contribution >= 0.6 is 0 Å². The van der Waals surface area contributed by atoms with Gasteiger partial charge in [0, 0.05) is 25.7 Å². The maximum Gasteiger partial charge on any atom is 0.328 e. The molecule has 0 aliphatic rings. The molecule has 0 spiro atoms. The van der Waals surface area contributed by atoms with Crippen molar-refractivity contribution in [1.82, 2.24) is 4.90 Å². The first-order chi connectivity index (χ1) is 7.47. The van der Waals surface area contributed by atoms with Crippen LogP contribution in [-0.2, 0) is 19.1 Å². The van der Waals surface area contributed by atoms with Crippen LogP contribution in [-0.4, -0.2) is 48.1 Å². The number of carbonyl (C=O) groups is 3. The average molecular weight is 229 g/mol. The molecule has 16 heavy (non-hydrogen) atoms. The number of carboxylic acid groups (broad SMARTS) is 1. The summed E-state index contributed by atoms with van der Waals surface area (Å²) in [4.78, 5) is 33.6. The molecule has 0 aliphatic carbocycles. The first-order valence-corrected chi connectivity index (χ1v) is 4.79. The van der Waals surface area contributed by atoms with E-state index in [0.29, 0.717) is 6.61 Å². The Bertz CT molecular complexity index is 298. The number of likely N-dealkylation sites (N-methyl/N-ethyl adjacent to an activating group) is 1. The molecule has 0 saturated carbocycles. The summed E-state index contributed by atoms with van der Waals surface area (Å²) in [7, 11) is 1.48. The lowest BCUT2D eigenvalue weighted by atomic mass is 10.3. The molecule has 0 atom stereocenters. The van der Waals surface area contributed by atoms with E-state index in [4.69, 9.17) is 5.11 Å². The molecule has 0 aromatic carbocycles. The van der Waals surface area contributed by atoms with Crippen LogP contribution in [0.4, 0.5) is 0 Å². The Kier molecular flexibility index (Phi) is 6.58. The monoisotopic (exact) mass is 229 g/mol. The van der Waals surface area contributed by atoms with E-state index in [0.717, 1.165) is 12.2 Å². The van der Waals surface area contributed by atoms with Crippen LogP contribution in [0, 0.1) is 0 Å². The molecule has 0 bridgehead atoms. The molecule has 0 aromatic rings. The van der Waals surface area contributed by atoms with Crippen molar-refractivity contribution in [3.8, 4) is 0 Å². The van der Waals surface area contributed by atoms with Crippen molar-refractivity contribution in [2.45, 2.75) is 13.3 Å². The molecule has 0 rings (SSSR count). The number of hydrogen-bond donors (Lipinski definition) is 1. The minimum Gasteiger partial charge on any atom is -0.478 e. The fraction of sp³-hybridized carbons (Fsp3) is 0.500. The van der Waals surface area contributed by atoms with E-state index in [1.807, 2.05) is 0 Å². The van der Waals surface area contributed by atoms with Crippen LogP contribution in [0.15, 0.2) is 12.2 Å². The van der Waals surface area contributed by atoms with Gasteiger partial charge in [0.25, 0.3) is 0 Å². The molecule has 0 aromatic heterocycles. The molecule has 6 heteroatoms. The van der Waals surface area contributed by atoms with Gasteiger partial charge in [-0.3, -0.25) is 9.59 Å². The van der Waals surface area contributed by atoms with E-state index in [9.17, 15) is 14.4 Å².